The minimum atomic E-state index is 0.0334. The number of nitrogens with one attached hydrogen (secondary N) is 1. The second-order valence-corrected chi connectivity index (χ2v) is 5.81. The molecule has 0 radical (unpaired) electrons. The Morgan fingerprint density at radius 3 is 2.23 bits per heavy atom. The number of carbonyl (C=O) groups excluding carboxylic acids is 1. The van der Waals surface area contributed by atoms with Crippen molar-refractivity contribution in [1.29, 1.82) is 0 Å². The number of carbonyl (C=O) groups is 1. The van der Waals surface area contributed by atoms with Crippen molar-refractivity contribution in [2.75, 3.05) is 0 Å². The zero-order valence-corrected chi connectivity index (χ0v) is 12.2. The molecule has 2 heterocycles. The monoisotopic (exact) mass is 290 g/mol. The molecule has 2 aromatic carbocycles. The van der Waals surface area contributed by atoms with Gasteiger partial charge < -0.3 is 4.90 Å². The molecule has 3 heteroatoms. The van der Waals surface area contributed by atoms with Gasteiger partial charge in [-0.15, -0.1) is 0 Å². The standard InChI is InChI=1S/C19H18N2O/c22-17-13-7-12-16-20-18(14-8-3-1-4-9-14)19(21(16)17)15-10-5-2-6-11-15/h1-11,13,16,18-20H,12H2. The van der Waals surface area contributed by atoms with Crippen LogP contribution in [-0.2, 0) is 4.79 Å². The van der Waals surface area contributed by atoms with Crippen LogP contribution in [0.25, 0.3) is 0 Å². The van der Waals surface area contributed by atoms with Crippen LogP contribution in [0.3, 0.4) is 0 Å². The molecule has 0 saturated carbocycles. The van der Waals surface area contributed by atoms with E-state index in [1.54, 1.807) is 6.08 Å². The van der Waals surface area contributed by atoms with Gasteiger partial charge in [-0.25, -0.2) is 0 Å². The summed E-state index contributed by atoms with van der Waals surface area (Å²) in [7, 11) is 0. The molecule has 3 nitrogen and oxygen atoms in total. The molecular weight excluding hydrogens is 272 g/mol. The predicted octanol–water partition coefficient (Wildman–Crippen LogP) is 3.19. The van der Waals surface area contributed by atoms with Crippen LogP contribution >= 0.6 is 0 Å². The number of rotatable bonds is 2. The van der Waals surface area contributed by atoms with Gasteiger partial charge in [0, 0.05) is 0 Å². The van der Waals surface area contributed by atoms with E-state index in [-0.39, 0.29) is 24.2 Å². The van der Waals surface area contributed by atoms with Gasteiger partial charge in [0.25, 0.3) is 0 Å². The third kappa shape index (κ3) is 2.14. The lowest BCUT2D eigenvalue weighted by atomic mass is 9.94. The summed E-state index contributed by atoms with van der Waals surface area (Å²) < 4.78 is 0. The Balaban J connectivity index is 1.80. The summed E-state index contributed by atoms with van der Waals surface area (Å²) in [6.45, 7) is 0. The summed E-state index contributed by atoms with van der Waals surface area (Å²) in [6, 6.07) is 20.8. The Morgan fingerprint density at radius 1 is 0.909 bits per heavy atom. The highest BCUT2D eigenvalue weighted by molar-refractivity contribution is 5.89. The molecule has 22 heavy (non-hydrogen) atoms. The Labute approximate surface area is 130 Å². The van der Waals surface area contributed by atoms with Gasteiger partial charge in [-0.1, -0.05) is 66.7 Å². The van der Waals surface area contributed by atoms with Gasteiger partial charge in [-0.05, 0) is 23.6 Å². The van der Waals surface area contributed by atoms with Crippen molar-refractivity contribution in [1.82, 2.24) is 10.2 Å². The third-order valence-electron chi connectivity index (χ3n) is 4.50. The fourth-order valence-corrected chi connectivity index (χ4v) is 3.53. The van der Waals surface area contributed by atoms with Crippen LogP contribution in [0.5, 0.6) is 0 Å². The number of benzene rings is 2. The normalized spacial score (nSPS) is 27.0. The van der Waals surface area contributed by atoms with Crippen molar-refractivity contribution in [2.24, 2.45) is 0 Å². The predicted molar refractivity (Wildman–Crippen MR) is 85.9 cm³/mol. The molecule has 0 aliphatic carbocycles. The van der Waals surface area contributed by atoms with Gasteiger partial charge in [-0.2, -0.15) is 0 Å². The van der Waals surface area contributed by atoms with Gasteiger partial charge in [0.1, 0.15) is 0 Å². The van der Waals surface area contributed by atoms with Crippen LogP contribution in [0.4, 0.5) is 0 Å². The fourth-order valence-electron chi connectivity index (χ4n) is 3.53. The second-order valence-electron chi connectivity index (χ2n) is 5.81. The summed E-state index contributed by atoms with van der Waals surface area (Å²) in [6.07, 6.45) is 4.60. The van der Waals surface area contributed by atoms with E-state index in [0.717, 1.165) is 6.42 Å². The Hall–Kier alpha value is -2.39. The quantitative estimate of drug-likeness (QED) is 0.921. The first-order chi connectivity index (χ1) is 10.8. The maximum absolute atomic E-state index is 12.4. The van der Waals surface area contributed by atoms with Crippen molar-refractivity contribution in [3.05, 3.63) is 83.9 Å². The lowest BCUT2D eigenvalue weighted by molar-refractivity contribution is -0.129. The van der Waals surface area contributed by atoms with Crippen LogP contribution in [0, 0.1) is 0 Å². The molecule has 0 aromatic heterocycles. The lowest BCUT2D eigenvalue weighted by Crippen LogP contribution is -2.41. The maximum atomic E-state index is 12.4. The summed E-state index contributed by atoms with van der Waals surface area (Å²) in [5, 5.41) is 3.64. The smallest absolute Gasteiger partial charge is 0.248 e. The molecule has 1 amide bonds. The third-order valence-corrected chi connectivity index (χ3v) is 4.50. The van der Waals surface area contributed by atoms with Gasteiger partial charge in [0.15, 0.2) is 0 Å². The first kappa shape index (κ1) is 13.3. The molecule has 1 saturated heterocycles. The lowest BCUT2D eigenvalue weighted by Gasteiger charge is -2.31. The van der Waals surface area contributed by atoms with E-state index in [0.29, 0.717) is 0 Å². The topological polar surface area (TPSA) is 32.3 Å². The SMILES string of the molecule is O=C1C=CCC2NC(c3ccccc3)C(c3ccccc3)N12. The van der Waals surface area contributed by atoms with E-state index in [1.807, 2.05) is 35.2 Å². The molecule has 3 unspecified atom stereocenters. The van der Waals surface area contributed by atoms with E-state index in [4.69, 9.17) is 0 Å². The molecular formula is C19H18N2O. The second kappa shape index (κ2) is 5.43. The van der Waals surface area contributed by atoms with Gasteiger partial charge in [-0.3, -0.25) is 10.1 Å². The minimum absolute atomic E-state index is 0.0334. The van der Waals surface area contributed by atoms with Crippen LogP contribution in [-0.4, -0.2) is 17.0 Å². The highest BCUT2D eigenvalue weighted by atomic mass is 16.2. The van der Waals surface area contributed by atoms with Crippen molar-refractivity contribution in [2.45, 2.75) is 24.7 Å². The molecule has 3 atom stereocenters. The first-order valence-corrected chi connectivity index (χ1v) is 7.69. The number of hydrogen-bond donors (Lipinski definition) is 1. The van der Waals surface area contributed by atoms with Crippen LogP contribution in [0.1, 0.15) is 29.6 Å². The largest absolute Gasteiger partial charge is 0.314 e. The summed E-state index contributed by atoms with van der Waals surface area (Å²) in [4.78, 5) is 14.4. The highest BCUT2D eigenvalue weighted by Crippen LogP contribution is 2.42. The van der Waals surface area contributed by atoms with Crippen LogP contribution < -0.4 is 5.32 Å². The molecule has 1 fully saturated rings. The fraction of sp³-hybridized carbons (Fsp3) is 0.211. The van der Waals surface area contributed by atoms with Crippen molar-refractivity contribution in [3.8, 4) is 0 Å². The first-order valence-electron chi connectivity index (χ1n) is 7.69. The molecule has 0 spiro atoms. The molecule has 4 rings (SSSR count). The van der Waals surface area contributed by atoms with E-state index < -0.39 is 0 Å². The summed E-state index contributed by atoms with van der Waals surface area (Å²) in [5.41, 5.74) is 2.40. The molecule has 1 N–H and O–H groups in total. The Morgan fingerprint density at radius 2 is 1.55 bits per heavy atom. The number of fused-ring (bicyclic) bond motifs is 1. The minimum Gasteiger partial charge on any atom is -0.314 e. The van der Waals surface area contributed by atoms with Gasteiger partial charge in [0.2, 0.25) is 5.91 Å². The Kier molecular flexibility index (Phi) is 3.28. The van der Waals surface area contributed by atoms with Crippen molar-refractivity contribution in [3.63, 3.8) is 0 Å². The van der Waals surface area contributed by atoms with Gasteiger partial charge >= 0.3 is 0 Å². The van der Waals surface area contributed by atoms with E-state index in [1.165, 1.54) is 11.1 Å². The average Bonchev–Trinajstić information content (AvgIpc) is 2.97. The average molecular weight is 290 g/mol. The molecule has 0 bridgehead atoms. The zero-order chi connectivity index (χ0) is 14.9. The van der Waals surface area contributed by atoms with Crippen LogP contribution in [0.2, 0.25) is 0 Å². The van der Waals surface area contributed by atoms with Gasteiger partial charge in [0.05, 0.1) is 18.2 Å². The molecule has 2 aliphatic heterocycles. The Bertz CT molecular complexity index is 696. The van der Waals surface area contributed by atoms with E-state index in [9.17, 15) is 4.79 Å². The number of hydrogen-bond acceptors (Lipinski definition) is 2. The number of amides is 1. The molecule has 2 aliphatic rings. The zero-order valence-electron chi connectivity index (χ0n) is 12.2. The molecule has 110 valence electrons. The van der Waals surface area contributed by atoms with E-state index in [2.05, 4.69) is 41.7 Å². The molecule has 2 aromatic rings. The number of nitrogens with zero attached hydrogens (tertiary/aromatic N) is 1. The highest BCUT2D eigenvalue weighted by Gasteiger charge is 2.44. The summed E-state index contributed by atoms with van der Waals surface area (Å²) in [5.74, 6) is 0.0936. The summed E-state index contributed by atoms with van der Waals surface area (Å²) >= 11 is 0. The van der Waals surface area contributed by atoms with Crippen LogP contribution in [0.15, 0.2) is 72.8 Å². The maximum Gasteiger partial charge on any atom is 0.248 e. The van der Waals surface area contributed by atoms with Crippen molar-refractivity contribution >= 4 is 5.91 Å². The van der Waals surface area contributed by atoms with E-state index >= 15 is 0 Å². The van der Waals surface area contributed by atoms with Crippen molar-refractivity contribution < 1.29 is 4.79 Å².